The van der Waals surface area contributed by atoms with E-state index in [9.17, 15) is 4.79 Å². The molecule has 0 saturated carbocycles. The number of carbonyl (C=O) groups excluding carboxylic acids is 1. The van der Waals surface area contributed by atoms with Crippen molar-refractivity contribution in [2.45, 2.75) is 25.8 Å². The second-order valence-electron chi connectivity index (χ2n) is 4.01. The van der Waals surface area contributed by atoms with Crippen molar-refractivity contribution < 1.29 is 4.79 Å². The van der Waals surface area contributed by atoms with Gasteiger partial charge in [0.15, 0.2) is 6.29 Å². The number of rotatable bonds is 2. The quantitative estimate of drug-likeness (QED) is 0.718. The van der Waals surface area contributed by atoms with Crippen molar-refractivity contribution >= 4 is 23.6 Å². The molecule has 15 heavy (non-hydrogen) atoms. The molecule has 0 aliphatic carbocycles. The van der Waals surface area contributed by atoms with E-state index in [1.165, 1.54) is 12.8 Å². The number of nitrogens with zero attached hydrogens (tertiary/aromatic N) is 1. The van der Waals surface area contributed by atoms with E-state index in [1.54, 1.807) is 6.07 Å². The van der Waals surface area contributed by atoms with E-state index in [0.717, 1.165) is 18.5 Å². The largest absolute Gasteiger partial charge is 0.369 e. The second-order valence-corrected chi connectivity index (χ2v) is 4.42. The molecule has 0 bridgehead atoms. The van der Waals surface area contributed by atoms with Crippen LogP contribution in [-0.2, 0) is 0 Å². The molecular weight excluding hydrogens is 210 g/mol. The Hall–Kier alpha value is -1.02. The molecule has 0 spiro atoms. The Morgan fingerprint density at radius 2 is 2.33 bits per heavy atom. The van der Waals surface area contributed by atoms with Gasteiger partial charge in [0.1, 0.15) is 0 Å². The summed E-state index contributed by atoms with van der Waals surface area (Å²) in [5, 5.41) is 0.543. The normalized spacial score (nSPS) is 20.7. The summed E-state index contributed by atoms with van der Waals surface area (Å²) >= 11 is 6.00. The van der Waals surface area contributed by atoms with Gasteiger partial charge in [0.25, 0.3) is 0 Å². The summed E-state index contributed by atoms with van der Waals surface area (Å²) in [6, 6.07) is 6.21. The molecule has 1 aliphatic heterocycles. The fourth-order valence-electron chi connectivity index (χ4n) is 2.11. The van der Waals surface area contributed by atoms with Crippen LogP contribution in [0.2, 0.25) is 5.02 Å². The fraction of sp³-hybridized carbons (Fsp3) is 0.417. The van der Waals surface area contributed by atoms with E-state index < -0.39 is 0 Å². The molecule has 1 aliphatic rings. The number of hydrogen-bond donors (Lipinski definition) is 0. The van der Waals surface area contributed by atoms with Crippen LogP contribution in [0.3, 0.4) is 0 Å². The lowest BCUT2D eigenvalue weighted by molar-refractivity contribution is 0.112. The molecule has 1 aromatic carbocycles. The van der Waals surface area contributed by atoms with Crippen LogP contribution < -0.4 is 4.90 Å². The first-order chi connectivity index (χ1) is 7.22. The molecule has 3 heteroatoms. The molecule has 2 nitrogen and oxygen atoms in total. The summed E-state index contributed by atoms with van der Waals surface area (Å²) in [5.74, 6) is 0. The van der Waals surface area contributed by atoms with Gasteiger partial charge in [0, 0.05) is 23.8 Å². The van der Waals surface area contributed by atoms with Crippen LogP contribution in [0, 0.1) is 0 Å². The monoisotopic (exact) mass is 223 g/mol. The Labute approximate surface area is 94.8 Å². The molecule has 0 radical (unpaired) electrons. The highest BCUT2D eigenvalue weighted by Crippen LogP contribution is 2.28. The predicted octanol–water partition coefficient (Wildman–Crippen LogP) is 3.14. The van der Waals surface area contributed by atoms with Crippen molar-refractivity contribution in [3.63, 3.8) is 0 Å². The minimum Gasteiger partial charge on any atom is -0.369 e. The van der Waals surface area contributed by atoms with E-state index in [1.807, 2.05) is 12.1 Å². The van der Waals surface area contributed by atoms with Crippen LogP contribution in [0.25, 0.3) is 0 Å². The standard InChI is InChI=1S/C12H14ClNO/c1-9-3-2-6-14(9)11-5-4-10(8-15)12(13)7-11/h4-5,7-9H,2-3,6H2,1H3. The topological polar surface area (TPSA) is 20.3 Å². The molecule has 1 heterocycles. The lowest BCUT2D eigenvalue weighted by Crippen LogP contribution is -2.26. The summed E-state index contributed by atoms with van der Waals surface area (Å²) in [7, 11) is 0. The zero-order valence-corrected chi connectivity index (χ0v) is 9.50. The molecule has 0 aromatic heterocycles. The summed E-state index contributed by atoms with van der Waals surface area (Å²) in [6.07, 6.45) is 3.25. The molecule has 0 N–H and O–H groups in total. The van der Waals surface area contributed by atoms with Gasteiger partial charge in [-0.25, -0.2) is 0 Å². The van der Waals surface area contributed by atoms with E-state index in [0.29, 0.717) is 16.6 Å². The average molecular weight is 224 g/mol. The minimum absolute atomic E-state index is 0.543. The molecular formula is C12H14ClNO. The molecule has 1 saturated heterocycles. The third-order valence-corrected chi connectivity index (χ3v) is 3.32. The summed E-state index contributed by atoms with van der Waals surface area (Å²) in [5.41, 5.74) is 1.68. The Balaban J connectivity index is 2.29. The van der Waals surface area contributed by atoms with Gasteiger partial charge in [-0.05, 0) is 38.0 Å². The van der Waals surface area contributed by atoms with Crippen LogP contribution in [0.5, 0.6) is 0 Å². The van der Waals surface area contributed by atoms with Gasteiger partial charge in [0.05, 0.1) is 5.02 Å². The highest BCUT2D eigenvalue weighted by Gasteiger charge is 2.20. The molecule has 1 fully saturated rings. The highest BCUT2D eigenvalue weighted by atomic mass is 35.5. The van der Waals surface area contributed by atoms with Crippen molar-refractivity contribution in [1.82, 2.24) is 0 Å². The lowest BCUT2D eigenvalue weighted by atomic mass is 10.2. The molecule has 0 amide bonds. The van der Waals surface area contributed by atoms with Gasteiger partial charge < -0.3 is 4.90 Å². The number of halogens is 1. The lowest BCUT2D eigenvalue weighted by Gasteiger charge is -2.24. The van der Waals surface area contributed by atoms with Gasteiger partial charge in [-0.2, -0.15) is 0 Å². The average Bonchev–Trinajstić information content (AvgIpc) is 2.64. The third-order valence-electron chi connectivity index (χ3n) is 3.00. The third kappa shape index (κ3) is 2.00. The van der Waals surface area contributed by atoms with Gasteiger partial charge in [0.2, 0.25) is 0 Å². The van der Waals surface area contributed by atoms with E-state index in [4.69, 9.17) is 11.6 Å². The molecule has 1 aromatic rings. The van der Waals surface area contributed by atoms with Crippen molar-refractivity contribution in [1.29, 1.82) is 0 Å². The number of benzene rings is 1. The van der Waals surface area contributed by atoms with Crippen LogP contribution in [0.15, 0.2) is 18.2 Å². The van der Waals surface area contributed by atoms with Crippen LogP contribution in [0.1, 0.15) is 30.1 Å². The molecule has 2 rings (SSSR count). The second kappa shape index (κ2) is 4.23. The molecule has 1 unspecified atom stereocenters. The van der Waals surface area contributed by atoms with Crippen molar-refractivity contribution in [3.8, 4) is 0 Å². The highest BCUT2D eigenvalue weighted by molar-refractivity contribution is 6.33. The first kappa shape index (κ1) is 10.5. The maximum Gasteiger partial charge on any atom is 0.151 e. The van der Waals surface area contributed by atoms with E-state index in [2.05, 4.69) is 11.8 Å². The number of aldehydes is 1. The first-order valence-corrected chi connectivity index (χ1v) is 5.61. The first-order valence-electron chi connectivity index (χ1n) is 5.24. The summed E-state index contributed by atoms with van der Waals surface area (Å²) in [4.78, 5) is 13.0. The Bertz CT molecular complexity index is 378. The number of hydrogen-bond acceptors (Lipinski definition) is 2. The number of anilines is 1. The van der Waals surface area contributed by atoms with Crippen LogP contribution in [0.4, 0.5) is 5.69 Å². The predicted molar refractivity (Wildman–Crippen MR) is 62.9 cm³/mol. The van der Waals surface area contributed by atoms with Gasteiger partial charge in [-0.3, -0.25) is 4.79 Å². The van der Waals surface area contributed by atoms with Crippen molar-refractivity contribution in [2.24, 2.45) is 0 Å². The van der Waals surface area contributed by atoms with Crippen molar-refractivity contribution in [2.75, 3.05) is 11.4 Å². The van der Waals surface area contributed by atoms with E-state index in [-0.39, 0.29) is 0 Å². The van der Waals surface area contributed by atoms with E-state index >= 15 is 0 Å². The Kier molecular flexibility index (Phi) is 2.96. The fourth-order valence-corrected chi connectivity index (χ4v) is 2.33. The molecule has 80 valence electrons. The maximum absolute atomic E-state index is 10.6. The zero-order valence-electron chi connectivity index (χ0n) is 8.74. The maximum atomic E-state index is 10.6. The Morgan fingerprint density at radius 3 is 2.87 bits per heavy atom. The minimum atomic E-state index is 0.543. The Morgan fingerprint density at radius 1 is 1.53 bits per heavy atom. The number of carbonyl (C=O) groups is 1. The zero-order chi connectivity index (χ0) is 10.8. The van der Waals surface area contributed by atoms with Crippen molar-refractivity contribution in [3.05, 3.63) is 28.8 Å². The van der Waals surface area contributed by atoms with Gasteiger partial charge in [-0.15, -0.1) is 0 Å². The summed E-state index contributed by atoms with van der Waals surface area (Å²) < 4.78 is 0. The van der Waals surface area contributed by atoms with Crippen LogP contribution in [-0.4, -0.2) is 18.9 Å². The van der Waals surface area contributed by atoms with Gasteiger partial charge in [-0.1, -0.05) is 11.6 Å². The SMILES string of the molecule is CC1CCCN1c1ccc(C=O)c(Cl)c1. The smallest absolute Gasteiger partial charge is 0.151 e. The summed E-state index contributed by atoms with van der Waals surface area (Å²) in [6.45, 7) is 3.30. The van der Waals surface area contributed by atoms with Gasteiger partial charge >= 0.3 is 0 Å². The van der Waals surface area contributed by atoms with Crippen LogP contribution >= 0.6 is 11.6 Å². The molecule has 1 atom stereocenters.